The summed E-state index contributed by atoms with van der Waals surface area (Å²) in [5, 5.41) is 9.19. The molecule has 0 bridgehead atoms. The lowest BCUT2D eigenvalue weighted by Crippen LogP contribution is -2.07. The Kier molecular flexibility index (Phi) is 4.09. The average Bonchev–Trinajstić information content (AvgIpc) is 2.66. The summed E-state index contributed by atoms with van der Waals surface area (Å²) >= 11 is 12.0. The van der Waals surface area contributed by atoms with E-state index in [4.69, 9.17) is 28.9 Å². The van der Waals surface area contributed by atoms with Crippen LogP contribution in [0.15, 0.2) is 18.2 Å². The molecule has 4 nitrogen and oxygen atoms in total. The molecule has 1 aromatic heterocycles. The van der Waals surface area contributed by atoms with Gasteiger partial charge in [-0.25, -0.2) is 4.68 Å². The van der Waals surface area contributed by atoms with E-state index < -0.39 is 0 Å². The zero-order valence-corrected chi connectivity index (χ0v) is 11.5. The van der Waals surface area contributed by atoms with Gasteiger partial charge in [0, 0.05) is 10.0 Å². The maximum absolute atomic E-state index is 6.14. The fraction of sp³-hybridized carbons (Fsp3) is 0.333. The third-order valence-electron chi connectivity index (χ3n) is 2.69. The van der Waals surface area contributed by atoms with Crippen LogP contribution in [0.1, 0.15) is 24.6 Å². The molecule has 2 aromatic rings. The molecule has 0 aliphatic heterocycles. The predicted octanol–water partition coefficient (Wildman–Crippen LogP) is 3.17. The number of aromatic nitrogens is 3. The van der Waals surface area contributed by atoms with Gasteiger partial charge >= 0.3 is 0 Å². The van der Waals surface area contributed by atoms with Crippen molar-refractivity contribution in [2.24, 2.45) is 0 Å². The Morgan fingerprint density at radius 2 is 2.11 bits per heavy atom. The Hall–Kier alpha value is -1.26. The van der Waals surface area contributed by atoms with E-state index in [0.29, 0.717) is 22.4 Å². The van der Waals surface area contributed by atoms with Gasteiger partial charge in [-0.15, -0.1) is 5.10 Å². The summed E-state index contributed by atoms with van der Waals surface area (Å²) in [6.07, 6.45) is 1.84. The zero-order chi connectivity index (χ0) is 13.1. The number of hydrogen-bond donors (Lipinski definition) is 1. The summed E-state index contributed by atoms with van der Waals surface area (Å²) in [5.74, 6) is 0.488. The summed E-state index contributed by atoms with van der Waals surface area (Å²) in [5.41, 5.74) is 7.69. The monoisotopic (exact) mass is 284 g/mol. The largest absolute Gasteiger partial charge is 0.381 e. The van der Waals surface area contributed by atoms with Gasteiger partial charge in [0.05, 0.1) is 12.2 Å². The molecule has 1 aromatic carbocycles. The van der Waals surface area contributed by atoms with Crippen molar-refractivity contribution in [1.29, 1.82) is 0 Å². The first-order chi connectivity index (χ1) is 8.61. The fourth-order valence-electron chi connectivity index (χ4n) is 1.78. The van der Waals surface area contributed by atoms with Gasteiger partial charge in [-0.1, -0.05) is 47.8 Å². The number of nitrogens with zero attached hydrogens (tertiary/aromatic N) is 3. The lowest BCUT2D eigenvalue weighted by Gasteiger charge is -2.08. The highest BCUT2D eigenvalue weighted by molar-refractivity contribution is 6.35. The summed E-state index contributed by atoms with van der Waals surface area (Å²) in [7, 11) is 0. The van der Waals surface area contributed by atoms with Crippen molar-refractivity contribution in [3.05, 3.63) is 39.5 Å². The molecular formula is C12H14Cl2N4. The van der Waals surface area contributed by atoms with Crippen molar-refractivity contribution >= 4 is 29.0 Å². The zero-order valence-electron chi connectivity index (χ0n) is 10.0. The van der Waals surface area contributed by atoms with E-state index in [1.165, 1.54) is 0 Å². The number of rotatable bonds is 4. The number of anilines is 1. The molecule has 0 saturated heterocycles. The van der Waals surface area contributed by atoms with Crippen LogP contribution in [0, 0.1) is 0 Å². The molecule has 0 atom stereocenters. The van der Waals surface area contributed by atoms with E-state index in [9.17, 15) is 0 Å². The van der Waals surface area contributed by atoms with Crippen molar-refractivity contribution in [2.45, 2.75) is 26.3 Å². The Balaban J connectivity index is 2.28. The predicted molar refractivity (Wildman–Crippen MR) is 74.0 cm³/mol. The Labute approximate surface area is 116 Å². The highest BCUT2D eigenvalue weighted by atomic mass is 35.5. The second kappa shape index (κ2) is 5.59. The summed E-state index contributed by atoms with van der Waals surface area (Å²) in [6, 6.07) is 5.42. The number of hydrogen-bond acceptors (Lipinski definition) is 3. The Morgan fingerprint density at radius 1 is 1.33 bits per heavy atom. The van der Waals surface area contributed by atoms with E-state index in [0.717, 1.165) is 24.1 Å². The molecular weight excluding hydrogens is 271 g/mol. The van der Waals surface area contributed by atoms with Gasteiger partial charge in [-0.05, 0) is 24.1 Å². The van der Waals surface area contributed by atoms with Crippen molar-refractivity contribution < 1.29 is 0 Å². The van der Waals surface area contributed by atoms with Crippen LogP contribution in [0.5, 0.6) is 0 Å². The number of nitrogens with two attached hydrogens (primary N) is 1. The summed E-state index contributed by atoms with van der Waals surface area (Å²) in [4.78, 5) is 0. The second-order valence-corrected chi connectivity index (χ2v) is 4.91. The molecule has 0 amide bonds. The Bertz CT molecular complexity index is 551. The molecule has 0 fully saturated rings. The molecule has 18 heavy (non-hydrogen) atoms. The topological polar surface area (TPSA) is 56.7 Å². The van der Waals surface area contributed by atoms with Crippen LogP contribution in [0.2, 0.25) is 10.0 Å². The van der Waals surface area contributed by atoms with Crippen molar-refractivity contribution in [3.8, 4) is 0 Å². The van der Waals surface area contributed by atoms with Crippen LogP contribution in [0.3, 0.4) is 0 Å². The Morgan fingerprint density at radius 3 is 2.78 bits per heavy atom. The first-order valence-electron chi connectivity index (χ1n) is 5.73. The van der Waals surface area contributed by atoms with E-state index in [2.05, 4.69) is 17.2 Å². The van der Waals surface area contributed by atoms with Crippen LogP contribution >= 0.6 is 23.2 Å². The molecule has 96 valence electrons. The molecule has 2 rings (SSSR count). The molecule has 0 aliphatic carbocycles. The fourth-order valence-corrected chi connectivity index (χ4v) is 2.25. The highest BCUT2D eigenvalue weighted by Crippen LogP contribution is 2.22. The molecule has 1 heterocycles. The lowest BCUT2D eigenvalue weighted by molar-refractivity contribution is 0.613. The van der Waals surface area contributed by atoms with Crippen molar-refractivity contribution in [2.75, 3.05) is 5.73 Å². The van der Waals surface area contributed by atoms with Gasteiger partial charge in [0.1, 0.15) is 0 Å². The van der Waals surface area contributed by atoms with Crippen LogP contribution < -0.4 is 5.73 Å². The molecule has 0 saturated carbocycles. The highest BCUT2D eigenvalue weighted by Gasteiger charge is 2.11. The minimum Gasteiger partial charge on any atom is -0.381 e. The maximum Gasteiger partial charge on any atom is 0.169 e. The summed E-state index contributed by atoms with van der Waals surface area (Å²) < 4.78 is 1.79. The number of nitrogen functional groups attached to an aromatic ring is 1. The first kappa shape index (κ1) is 13.2. The minimum atomic E-state index is 0.488. The third-order valence-corrected chi connectivity index (χ3v) is 3.28. The molecule has 0 spiro atoms. The molecule has 0 unspecified atom stereocenters. The number of halogens is 2. The van der Waals surface area contributed by atoms with E-state index in [1.807, 2.05) is 12.1 Å². The van der Waals surface area contributed by atoms with Crippen molar-refractivity contribution in [1.82, 2.24) is 15.0 Å². The first-order valence-corrected chi connectivity index (χ1v) is 6.49. The molecule has 0 radical (unpaired) electrons. The van der Waals surface area contributed by atoms with Crippen molar-refractivity contribution in [3.63, 3.8) is 0 Å². The third kappa shape index (κ3) is 2.76. The standard InChI is InChI=1S/C12H14Cl2N4/c1-2-3-11-12(15)16-17-18(11)7-8-4-5-9(13)6-10(8)14/h4-6H,2-3,7,15H2,1H3. The van der Waals surface area contributed by atoms with Crippen LogP contribution in [-0.2, 0) is 13.0 Å². The average molecular weight is 285 g/mol. The van der Waals surface area contributed by atoms with Gasteiger partial charge < -0.3 is 5.73 Å². The number of benzene rings is 1. The van der Waals surface area contributed by atoms with Gasteiger partial charge in [0.25, 0.3) is 0 Å². The lowest BCUT2D eigenvalue weighted by atomic mass is 10.2. The smallest absolute Gasteiger partial charge is 0.169 e. The second-order valence-electron chi connectivity index (χ2n) is 4.06. The molecule has 0 aliphatic rings. The maximum atomic E-state index is 6.14. The van der Waals surface area contributed by atoms with Gasteiger partial charge in [-0.2, -0.15) is 0 Å². The van der Waals surface area contributed by atoms with E-state index in [-0.39, 0.29) is 0 Å². The summed E-state index contributed by atoms with van der Waals surface area (Å²) in [6.45, 7) is 2.64. The van der Waals surface area contributed by atoms with Gasteiger partial charge in [0.15, 0.2) is 5.82 Å². The van der Waals surface area contributed by atoms with Gasteiger partial charge in [-0.3, -0.25) is 0 Å². The molecule has 2 N–H and O–H groups in total. The van der Waals surface area contributed by atoms with Gasteiger partial charge in [0.2, 0.25) is 0 Å². The minimum absolute atomic E-state index is 0.488. The normalized spacial score (nSPS) is 10.8. The van der Waals surface area contributed by atoms with E-state index in [1.54, 1.807) is 10.7 Å². The molecule has 6 heteroatoms. The quantitative estimate of drug-likeness (QED) is 0.938. The van der Waals surface area contributed by atoms with Crippen LogP contribution in [-0.4, -0.2) is 15.0 Å². The van der Waals surface area contributed by atoms with E-state index >= 15 is 0 Å². The van der Waals surface area contributed by atoms with Crippen LogP contribution in [0.25, 0.3) is 0 Å². The van der Waals surface area contributed by atoms with Crippen LogP contribution in [0.4, 0.5) is 5.82 Å². The SMILES string of the molecule is CCCc1c(N)nnn1Cc1ccc(Cl)cc1Cl.